The summed E-state index contributed by atoms with van der Waals surface area (Å²) in [6.07, 6.45) is 3.37. The highest BCUT2D eigenvalue weighted by molar-refractivity contribution is 6.39. The molecule has 8 heteroatoms. The zero-order chi connectivity index (χ0) is 20.1. The minimum atomic E-state index is -0.808. The van der Waals surface area contributed by atoms with Gasteiger partial charge in [0.1, 0.15) is 5.57 Å². The van der Waals surface area contributed by atoms with Gasteiger partial charge in [0, 0.05) is 23.5 Å². The van der Waals surface area contributed by atoms with Crippen LogP contribution < -0.4 is 19.7 Å². The van der Waals surface area contributed by atoms with E-state index in [4.69, 9.17) is 9.47 Å². The molecule has 4 amide bonds. The zero-order valence-corrected chi connectivity index (χ0v) is 15.7. The lowest BCUT2D eigenvalue weighted by atomic mass is 10.1. The fourth-order valence-electron chi connectivity index (χ4n) is 3.19. The normalized spacial score (nSPS) is 18.0. The van der Waals surface area contributed by atoms with Crippen LogP contribution in [0.4, 0.5) is 10.5 Å². The number of imide groups is 2. The molecule has 0 radical (unpaired) electrons. The standard InChI is InChI=1S/C20H19N3O5/c1-20(2,3)22-8-4-5-12(22)9-14-17(24)21-19(26)23(18(14)25)13-6-7-15-16(10-13)28-11-27-15/h4-10H,11H2,1-3H3,(H,21,24,26)/b14-9+. The van der Waals surface area contributed by atoms with Crippen molar-refractivity contribution in [2.24, 2.45) is 0 Å². The Morgan fingerprint density at radius 1 is 1.07 bits per heavy atom. The summed E-state index contributed by atoms with van der Waals surface area (Å²) in [5, 5.41) is 2.22. The average molecular weight is 381 g/mol. The zero-order valence-electron chi connectivity index (χ0n) is 15.7. The van der Waals surface area contributed by atoms with Gasteiger partial charge in [-0.15, -0.1) is 0 Å². The first-order chi connectivity index (χ1) is 13.3. The number of carbonyl (C=O) groups is 3. The summed E-state index contributed by atoms with van der Waals surface area (Å²) in [6.45, 7) is 6.12. The van der Waals surface area contributed by atoms with Crippen molar-refractivity contribution in [3.05, 3.63) is 47.8 Å². The van der Waals surface area contributed by atoms with E-state index in [-0.39, 0.29) is 23.6 Å². The first-order valence-corrected chi connectivity index (χ1v) is 8.74. The number of hydrogen-bond acceptors (Lipinski definition) is 5. The lowest BCUT2D eigenvalue weighted by Gasteiger charge is -2.27. The molecule has 0 unspecified atom stereocenters. The fraction of sp³-hybridized carbons (Fsp3) is 0.250. The van der Waals surface area contributed by atoms with Crippen LogP contribution in [-0.4, -0.2) is 29.2 Å². The van der Waals surface area contributed by atoms with Gasteiger partial charge in [0.05, 0.1) is 5.69 Å². The number of hydrogen-bond donors (Lipinski definition) is 1. The number of urea groups is 1. The maximum absolute atomic E-state index is 13.0. The van der Waals surface area contributed by atoms with E-state index in [0.717, 1.165) is 4.90 Å². The molecular weight excluding hydrogens is 362 g/mol. The number of rotatable bonds is 2. The monoisotopic (exact) mass is 381 g/mol. The summed E-state index contributed by atoms with van der Waals surface area (Å²) in [6, 6.07) is 7.55. The van der Waals surface area contributed by atoms with Crippen LogP contribution in [0, 0.1) is 0 Å². The minimum absolute atomic E-state index is 0.0758. The number of carbonyl (C=O) groups excluding carboxylic acids is 3. The van der Waals surface area contributed by atoms with Gasteiger partial charge in [0.25, 0.3) is 11.8 Å². The predicted octanol–water partition coefficient (Wildman–Crippen LogP) is 2.64. The molecule has 144 valence electrons. The van der Waals surface area contributed by atoms with E-state index in [2.05, 4.69) is 5.32 Å². The van der Waals surface area contributed by atoms with Crippen LogP contribution in [0.15, 0.2) is 42.1 Å². The maximum Gasteiger partial charge on any atom is 0.335 e. The molecule has 2 aliphatic heterocycles. The van der Waals surface area contributed by atoms with E-state index < -0.39 is 17.8 Å². The van der Waals surface area contributed by atoms with Crippen LogP contribution in [0.5, 0.6) is 11.5 Å². The molecule has 2 aromatic rings. The van der Waals surface area contributed by atoms with Crippen molar-refractivity contribution in [3.63, 3.8) is 0 Å². The SMILES string of the molecule is CC(C)(C)n1cccc1/C=C1\C(=O)NC(=O)N(c2ccc3c(c2)OCO3)C1=O. The molecule has 0 aliphatic carbocycles. The molecule has 4 rings (SSSR count). The van der Waals surface area contributed by atoms with Crippen LogP contribution in [0.25, 0.3) is 6.08 Å². The molecule has 0 bridgehead atoms. The summed E-state index contributed by atoms with van der Waals surface area (Å²) in [4.78, 5) is 38.7. The lowest BCUT2D eigenvalue weighted by Crippen LogP contribution is -2.54. The molecule has 0 spiro atoms. The third kappa shape index (κ3) is 2.92. The molecule has 1 fully saturated rings. The molecule has 1 saturated heterocycles. The fourth-order valence-corrected chi connectivity index (χ4v) is 3.19. The predicted molar refractivity (Wildman–Crippen MR) is 101 cm³/mol. The van der Waals surface area contributed by atoms with Crippen molar-refractivity contribution in [2.45, 2.75) is 26.3 Å². The molecule has 0 atom stereocenters. The lowest BCUT2D eigenvalue weighted by molar-refractivity contribution is -0.122. The van der Waals surface area contributed by atoms with Crippen LogP contribution in [-0.2, 0) is 15.1 Å². The molecule has 1 aromatic carbocycles. The number of fused-ring (bicyclic) bond motifs is 1. The van der Waals surface area contributed by atoms with Crippen LogP contribution in [0.1, 0.15) is 26.5 Å². The van der Waals surface area contributed by atoms with Gasteiger partial charge in [-0.3, -0.25) is 14.9 Å². The summed E-state index contributed by atoms with van der Waals surface area (Å²) in [7, 11) is 0. The van der Waals surface area contributed by atoms with Gasteiger partial charge < -0.3 is 14.0 Å². The van der Waals surface area contributed by atoms with Crippen LogP contribution in [0.3, 0.4) is 0 Å². The minimum Gasteiger partial charge on any atom is -0.454 e. The van der Waals surface area contributed by atoms with Gasteiger partial charge in [0.15, 0.2) is 11.5 Å². The summed E-state index contributed by atoms with van der Waals surface area (Å²) in [5.74, 6) is -0.464. The number of nitrogens with zero attached hydrogens (tertiary/aromatic N) is 2. The summed E-state index contributed by atoms with van der Waals surface area (Å²) in [5.41, 5.74) is 0.612. The highest BCUT2D eigenvalue weighted by atomic mass is 16.7. The largest absolute Gasteiger partial charge is 0.454 e. The third-order valence-electron chi connectivity index (χ3n) is 4.51. The van der Waals surface area contributed by atoms with E-state index in [1.807, 2.05) is 37.6 Å². The topological polar surface area (TPSA) is 89.9 Å². The van der Waals surface area contributed by atoms with Gasteiger partial charge in [0.2, 0.25) is 6.79 Å². The molecule has 0 saturated carbocycles. The van der Waals surface area contributed by atoms with Gasteiger partial charge in [-0.1, -0.05) is 0 Å². The Bertz CT molecular complexity index is 1030. The van der Waals surface area contributed by atoms with Crippen molar-refractivity contribution < 1.29 is 23.9 Å². The first kappa shape index (κ1) is 17.8. The second-order valence-corrected chi connectivity index (χ2v) is 7.47. The van der Waals surface area contributed by atoms with Crippen LogP contribution in [0.2, 0.25) is 0 Å². The Labute approximate surface area is 161 Å². The highest BCUT2D eigenvalue weighted by Crippen LogP contribution is 2.36. The number of anilines is 1. The third-order valence-corrected chi connectivity index (χ3v) is 4.51. The quantitative estimate of drug-likeness (QED) is 0.638. The number of benzene rings is 1. The Morgan fingerprint density at radius 2 is 1.82 bits per heavy atom. The highest BCUT2D eigenvalue weighted by Gasteiger charge is 2.37. The van der Waals surface area contributed by atoms with Crippen molar-refractivity contribution >= 4 is 29.6 Å². The van der Waals surface area contributed by atoms with Gasteiger partial charge in [-0.25, -0.2) is 9.69 Å². The number of aromatic nitrogens is 1. The van der Waals surface area contributed by atoms with E-state index in [0.29, 0.717) is 17.2 Å². The number of amides is 4. The van der Waals surface area contributed by atoms with Crippen molar-refractivity contribution in [1.82, 2.24) is 9.88 Å². The van der Waals surface area contributed by atoms with E-state index in [9.17, 15) is 14.4 Å². The van der Waals surface area contributed by atoms with Gasteiger partial charge >= 0.3 is 6.03 Å². The Morgan fingerprint density at radius 3 is 2.57 bits per heavy atom. The molecule has 3 heterocycles. The Balaban J connectivity index is 1.74. The molecule has 28 heavy (non-hydrogen) atoms. The van der Waals surface area contributed by atoms with Gasteiger partial charge in [-0.2, -0.15) is 0 Å². The second kappa shape index (κ2) is 6.26. The van der Waals surface area contributed by atoms with E-state index in [1.54, 1.807) is 18.2 Å². The number of ether oxygens (including phenoxy) is 2. The molecule has 1 N–H and O–H groups in total. The molecule has 1 aromatic heterocycles. The first-order valence-electron chi connectivity index (χ1n) is 8.74. The van der Waals surface area contributed by atoms with Crippen molar-refractivity contribution in [2.75, 3.05) is 11.7 Å². The van der Waals surface area contributed by atoms with E-state index in [1.165, 1.54) is 12.1 Å². The maximum atomic E-state index is 13.0. The Kier molecular flexibility index (Phi) is 3.99. The second-order valence-electron chi connectivity index (χ2n) is 7.47. The number of nitrogens with one attached hydrogen (secondary N) is 1. The van der Waals surface area contributed by atoms with Gasteiger partial charge in [-0.05, 0) is 51.1 Å². The molecule has 2 aliphatic rings. The van der Waals surface area contributed by atoms with E-state index >= 15 is 0 Å². The Hall–Kier alpha value is -3.55. The summed E-state index contributed by atoms with van der Waals surface area (Å²) >= 11 is 0. The number of barbiturate groups is 1. The average Bonchev–Trinajstić information content (AvgIpc) is 3.26. The molecular formula is C20H19N3O5. The summed E-state index contributed by atoms with van der Waals surface area (Å²) < 4.78 is 12.5. The van der Waals surface area contributed by atoms with Crippen LogP contribution >= 0.6 is 0 Å². The van der Waals surface area contributed by atoms with Crippen molar-refractivity contribution in [1.29, 1.82) is 0 Å². The smallest absolute Gasteiger partial charge is 0.335 e. The van der Waals surface area contributed by atoms with Crippen molar-refractivity contribution in [3.8, 4) is 11.5 Å². The molecule has 8 nitrogen and oxygen atoms in total.